The van der Waals surface area contributed by atoms with Crippen LogP contribution in [0.3, 0.4) is 0 Å². The van der Waals surface area contributed by atoms with Crippen LogP contribution in [-0.4, -0.2) is 17.6 Å². The van der Waals surface area contributed by atoms with E-state index in [1.807, 2.05) is 12.4 Å². The predicted molar refractivity (Wildman–Crippen MR) is 106 cm³/mol. The number of nitrogens with zero attached hydrogens (tertiary/aromatic N) is 1. The van der Waals surface area contributed by atoms with E-state index in [9.17, 15) is 4.79 Å². The minimum Gasteiger partial charge on any atom is -0.465 e. The van der Waals surface area contributed by atoms with Gasteiger partial charge in [-0.25, -0.2) is 0 Å². The van der Waals surface area contributed by atoms with Crippen molar-refractivity contribution in [3.05, 3.63) is 36.2 Å². The SMILES string of the molecule is C[C@]12CCC(=O)OC[C@@H]1CC[C@@H]1[C@@H]2CC[C@]2(C)C(c3cccnc3)=CC[C@@H]12. The first-order valence-electron chi connectivity index (χ1n) is 10.8. The number of ether oxygens (including phenoxy) is 1. The molecular formula is C24H31NO2. The third-order valence-corrected chi connectivity index (χ3v) is 8.93. The molecule has 0 spiro atoms. The molecular weight excluding hydrogens is 334 g/mol. The molecule has 144 valence electrons. The number of carbonyl (C=O) groups excluding carboxylic acids is 1. The number of esters is 1. The Bertz CT molecular complexity index is 772. The number of fused-ring (bicyclic) bond motifs is 5. The number of cyclic esters (lactones) is 1. The molecule has 27 heavy (non-hydrogen) atoms. The van der Waals surface area contributed by atoms with Crippen LogP contribution in [0.5, 0.6) is 0 Å². The molecule has 4 aliphatic rings. The lowest BCUT2D eigenvalue weighted by Crippen LogP contribution is -2.51. The Labute approximate surface area is 162 Å². The molecule has 3 aliphatic carbocycles. The van der Waals surface area contributed by atoms with Gasteiger partial charge in [-0.15, -0.1) is 0 Å². The second-order valence-electron chi connectivity index (χ2n) is 9.89. The van der Waals surface area contributed by atoms with E-state index in [1.54, 1.807) is 0 Å². The number of carbonyl (C=O) groups is 1. The first-order chi connectivity index (χ1) is 13.0. The van der Waals surface area contributed by atoms with Gasteiger partial charge in [0.25, 0.3) is 0 Å². The van der Waals surface area contributed by atoms with Crippen LogP contribution in [0.1, 0.15) is 64.4 Å². The van der Waals surface area contributed by atoms with Gasteiger partial charge in [0.2, 0.25) is 0 Å². The molecule has 5 rings (SSSR count). The van der Waals surface area contributed by atoms with Gasteiger partial charge in [-0.1, -0.05) is 26.0 Å². The Balaban J connectivity index is 1.45. The lowest BCUT2D eigenvalue weighted by Gasteiger charge is -2.58. The van der Waals surface area contributed by atoms with Crippen molar-refractivity contribution in [2.45, 2.75) is 58.8 Å². The maximum Gasteiger partial charge on any atom is 0.305 e. The molecule has 0 amide bonds. The van der Waals surface area contributed by atoms with Crippen molar-refractivity contribution in [2.75, 3.05) is 6.61 Å². The van der Waals surface area contributed by atoms with Gasteiger partial charge in [-0.2, -0.15) is 0 Å². The van der Waals surface area contributed by atoms with Crippen LogP contribution < -0.4 is 0 Å². The average Bonchev–Trinajstić information content (AvgIpc) is 2.95. The first kappa shape index (κ1) is 17.5. The van der Waals surface area contributed by atoms with Gasteiger partial charge in [0.05, 0.1) is 6.61 Å². The zero-order valence-electron chi connectivity index (χ0n) is 16.6. The fourth-order valence-corrected chi connectivity index (χ4v) is 7.37. The minimum atomic E-state index is 0.0178. The van der Waals surface area contributed by atoms with E-state index in [-0.39, 0.29) is 16.8 Å². The normalized spacial score (nSPS) is 43.6. The van der Waals surface area contributed by atoms with Crippen molar-refractivity contribution in [1.29, 1.82) is 0 Å². The van der Waals surface area contributed by atoms with Crippen LogP contribution >= 0.6 is 0 Å². The van der Waals surface area contributed by atoms with Crippen LogP contribution in [0.15, 0.2) is 30.6 Å². The van der Waals surface area contributed by atoms with E-state index >= 15 is 0 Å². The molecule has 1 aromatic heterocycles. The summed E-state index contributed by atoms with van der Waals surface area (Å²) in [6.45, 7) is 5.64. The zero-order chi connectivity index (χ0) is 18.6. The Morgan fingerprint density at radius 2 is 2.04 bits per heavy atom. The zero-order valence-corrected chi connectivity index (χ0v) is 16.6. The maximum atomic E-state index is 11.9. The van der Waals surface area contributed by atoms with Crippen molar-refractivity contribution in [3.63, 3.8) is 0 Å². The van der Waals surface area contributed by atoms with E-state index in [4.69, 9.17) is 4.74 Å². The van der Waals surface area contributed by atoms with Gasteiger partial charge < -0.3 is 4.74 Å². The molecule has 0 unspecified atom stereocenters. The highest BCUT2D eigenvalue weighted by atomic mass is 16.5. The number of pyridine rings is 1. The summed E-state index contributed by atoms with van der Waals surface area (Å²) in [6.07, 6.45) is 14.3. The van der Waals surface area contributed by atoms with Gasteiger partial charge in [0, 0.05) is 18.8 Å². The van der Waals surface area contributed by atoms with Crippen molar-refractivity contribution in [1.82, 2.24) is 4.98 Å². The Morgan fingerprint density at radius 1 is 1.15 bits per heavy atom. The number of allylic oxidation sites excluding steroid dienone is 2. The monoisotopic (exact) mass is 365 g/mol. The molecule has 1 aromatic rings. The van der Waals surface area contributed by atoms with Crippen LogP contribution in [0.25, 0.3) is 5.57 Å². The summed E-state index contributed by atoms with van der Waals surface area (Å²) in [5.41, 5.74) is 3.40. The van der Waals surface area contributed by atoms with Gasteiger partial charge in [0.15, 0.2) is 0 Å². The van der Waals surface area contributed by atoms with Gasteiger partial charge in [-0.05, 0) is 90.2 Å². The standard InChI is InChI=1S/C24H31NO2/c1-23-12-10-22(26)27-15-17(23)5-6-18-20-8-7-19(16-4-3-13-25-14-16)24(20,2)11-9-21(18)23/h3-4,7,13-14,17-18,20-21H,5-6,8-12,15H2,1-2H3/t17-,18-,20-,21-,23-,24+/m0/s1. The van der Waals surface area contributed by atoms with Gasteiger partial charge >= 0.3 is 5.97 Å². The molecule has 6 atom stereocenters. The first-order valence-corrected chi connectivity index (χ1v) is 10.8. The lowest BCUT2D eigenvalue weighted by molar-refractivity contribution is -0.144. The summed E-state index contributed by atoms with van der Waals surface area (Å²) in [7, 11) is 0. The highest BCUT2D eigenvalue weighted by Gasteiger charge is 2.58. The van der Waals surface area contributed by atoms with Gasteiger partial charge in [-0.3, -0.25) is 9.78 Å². The average molecular weight is 366 g/mol. The molecule has 0 aromatic carbocycles. The summed E-state index contributed by atoms with van der Waals surface area (Å²) in [4.78, 5) is 16.3. The van der Waals surface area contributed by atoms with Crippen LogP contribution in [0.4, 0.5) is 0 Å². The number of aromatic nitrogens is 1. The Kier molecular flexibility index (Phi) is 4.00. The van der Waals surface area contributed by atoms with E-state index in [2.05, 4.69) is 37.0 Å². The third kappa shape index (κ3) is 2.53. The van der Waals surface area contributed by atoms with E-state index < -0.39 is 0 Å². The van der Waals surface area contributed by atoms with Crippen molar-refractivity contribution < 1.29 is 9.53 Å². The highest BCUT2D eigenvalue weighted by Crippen LogP contribution is 2.66. The van der Waals surface area contributed by atoms with Crippen LogP contribution in [-0.2, 0) is 9.53 Å². The number of hydrogen-bond acceptors (Lipinski definition) is 3. The summed E-state index contributed by atoms with van der Waals surface area (Å²) >= 11 is 0. The molecule has 3 fully saturated rings. The predicted octanol–water partition coefficient (Wildman–Crippen LogP) is 5.27. The topological polar surface area (TPSA) is 39.2 Å². The molecule has 2 saturated carbocycles. The molecule has 1 aliphatic heterocycles. The van der Waals surface area contributed by atoms with E-state index in [0.717, 1.165) is 24.2 Å². The van der Waals surface area contributed by atoms with Crippen molar-refractivity contribution in [3.8, 4) is 0 Å². The minimum absolute atomic E-state index is 0.0178. The highest BCUT2D eigenvalue weighted by molar-refractivity contribution is 5.72. The third-order valence-electron chi connectivity index (χ3n) is 8.93. The number of hydrogen-bond donors (Lipinski definition) is 0. The van der Waals surface area contributed by atoms with Gasteiger partial charge in [0.1, 0.15) is 0 Å². The Hall–Kier alpha value is -1.64. The molecule has 0 bridgehead atoms. The quantitative estimate of drug-likeness (QED) is 0.636. The van der Waals surface area contributed by atoms with E-state index in [0.29, 0.717) is 18.9 Å². The molecule has 0 radical (unpaired) electrons. The molecule has 3 heteroatoms. The summed E-state index contributed by atoms with van der Waals surface area (Å²) in [6, 6.07) is 4.29. The smallest absolute Gasteiger partial charge is 0.305 e. The molecule has 0 N–H and O–H groups in total. The fraction of sp³-hybridized carbons (Fsp3) is 0.667. The second kappa shape index (κ2) is 6.18. The summed E-state index contributed by atoms with van der Waals surface area (Å²) in [5.74, 6) is 2.84. The molecule has 3 nitrogen and oxygen atoms in total. The van der Waals surface area contributed by atoms with Crippen molar-refractivity contribution >= 4 is 11.5 Å². The molecule has 2 heterocycles. The Morgan fingerprint density at radius 3 is 2.85 bits per heavy atom. The second-order valence-corrected chi connectivity index (χ2v) is 9.89. The van der Waals surface area contributed by atoms with Crippen LogP contribution in [0.2, 0.25) is 0 Å². The number of rotatable bonds is 1. The lowest BCUT2D eigenvalue weighted by atomic mass is 9.46. The maximum absolute atomic E-state index is 11.9. The summed E-state index contributed by atoms with van der Waals surface area (Å²) in [5, 5.41) is 0. The van der Waals surface area contributed by atoms with Crippen LogP contribution in [0, 0.1) is 34.5 Å². The van der Waals surface area contributed by atoms with E-state index in [1.165, 1.54) is 43.2 Å². The fourth-order valence-electron chi connectivity index (χ4n) is 7.37. The molecule has 1 saturated heterocycles. The largest absolute Gasteiger partial charge is 0.465 e. The van der Waals surface area contributed by atoms with Crippen molar-refractivity contribution in [2.24, 2.45) is 34.5 Å². The summed E-state index contributed by atoms with van der Waals surface area (Å²) < 4.78 is 5.54.